The van der Waals surface area contributed by atoms with Gasteiger partial charge in [0.05, 0.1) is 17.7 Å². The van der Waals surface area contributed by atoms with E-state index in [9.17, 15) is 4.79 Å². The molecule has 0 bridgehead atoms. The van der Waals surface area contributed by atoms with E-state index >= 15 is 0 Å². The monoisotopic (exact) mass is 241 g/mol. The molecule has 1 amide bonds. The SMILES string of the molecule is N#Cc1ccc(CNC(=O)[C@H]2NCC3CC32)cc1. The van der Waals surface area contributed by atoms with Crippen LogP contribution in [0.1, 0.15) is 17.5 Å². The standard InChI is InChI=1S/C14H15N3O/c15-6-9-1-3-10(4-2-9)7-17-14(18)13-12-5-11(12)8-16-13/h1-4,11-13,16H,5,7-8H2,(H,17,18)/t11?,12?,13-/m0/s1. The van der Waals surface area contributed by atoms with E-state index in [1.807, 2.05) is 12.1 Å². The van der Waals surface area contributed by atoms with E-state index in [2.05, 4.69) is 16.7 Å². The van der Waals surface area contributed by atoms with Crippen molar-refractivity contribution in [3.05, 3.63) is 35.4 Å². The van der Waals surface area contributed by atoms with E-state index in [0.717, 1.165) is 18.0 Å². The van der Waals surface area contributed by atoms with Gasteiger partial charge in [0, 0.05) is 6.54 Å². The first-order valence-corrected chi connectivity index (χ1v) is 6.28. The molecule has 4 nitrogen and oxygen atoms in total. The van der Waals surface area contributed by atoms with Crippen LogP contribution >= 0.6 is 0 Å². The topological polar surface area (TPSA) is 64.9 Å². The van der Waals surface area contributed by atoms with Crippen LogP contribution in [0, 0.1) is 23.2 Å². The fourth-order valence-electron chi connectivity index (χ4n) is 2.63. The molecule has 18 heavy (non-hydrogen) atoms. The van der Waals surface area contributed by atoms with Gasteiger partial charge in [-0.1, -0.05) is 12.1 Å². The van der Waals surface area contributed by atoms with Gasteiger partial charge in [0.15, 0.2) is 0 Å². The third-order valence-corrected chi connectivity index (χ3v) is 3.84. The molecule has 0 radical (unpaired) electrons. The van der Waals surface area contributed by atoms with Gasteiger partial charge in [0.1, 0.15) is 0 Å². The first kappa shape index (κ1) is 11.2. The number of amides is 1. The summed E-state index contributed by atoms with van der Waals surface area (Å²) in [6.45, 7) is 1.51. The molecule has 4 heteroatoms. The number of rotatable bonds is 3. The Morgan fingerprint density at radius 2 is 2.22 bits per heavy atom. The number of nitriles is 1. The number of carbonyl (C=O) groups is 1. The summed E-state index contributed by atoms with van der Waals surface area (Å²) in [5, 5.41) is 14.9. The van der Waals surface area contributed by atoms with Crippen LogP contribution in [0.2, 0.25) is 0 Å². The maximum atomic E-state index is 12.0. The second kappa shape index (κ2) is 4.43. The van der Waals surface area contributed by atoms with Crippen LogP contribution in [0.5, 0.6) is 0 Å². The minimum atomic E-state index is 0.00776. The zero-order valence-electron chi connectivity index (χ0n) is 10.0. The molecule has 92 valence electrons. The van der Waals surface area contributed by atoms with E-state index in [1.54, 1.807) is 12.1 Å². The number of hydrogen-bond acceptors (Lipinski definition) is 3. The Labute approximate surface area is 106 Å². The van der Waals surface area contributed by atoms with E-state index in [0.29, 0.717) is 18.0 Å². The molecule has 2 aliphatic rings. The summed E-state index contributed by atoms with van der Waals surface area (Å²) in [5.74, 6) is 1.39. The van der Waals surface area contributed by atoms with Crippen molar-refractivity contribution in [1.82, 2.24) is 10.6 Å². The molecule has 1 saturated carbocycles. The number of benzene rings is 1. The third kappa shape index (κ3) is 2.09. The smallest absolute Gasteiger partial charge is 0.237 e. The lowest BCUT2D eigenvalue weighted by Gasteiger charge is -2.13. The van der Waals surface area contributed by atoms with Gasteiger partial charge in [0.2, 0.25) is 5.91 Å². The first-order chi connectivity index (χ1) is 8.78. The highest BCUT2D eigenvalue weighted by Crippen LogP contribution is 2.44. The van der Waals surface area contributed by atoms with Gasteiger partial charge >= 0.3 is 0 Å². The molecule has 0 spiro atoms. The summed E-state index contributed by atoms with van der Waals surface area (Å²) in [6, 6.07) is 9.38. The van der Waals surface area contributed by atoms with Gasteiger partial charge in [-0.3, -0.25) is 4.79 Å². The predicted molar refractivity (Wildman–Crippen MR) is 66.4 cm³/mol. The number of hydrogen-bond donors (Lipinski definition) is 2. The second-order valence-electron chi connectivity index (χ2n) is 5.07. The van der Waals surface area contributed by atoms with Crippen molar-refractivity contribution in [1.29, 1.82) is 5.26 Å². The summed E-state index contributed by atoms with van der Waals surface area (Å²) in [7, 11) is 0. The van der Waals surface area contributed by atoms with E-state index < -0.39 is 0 Å². The molecule has 1 saturated heterocycles. The molecule has 3 atom stereocenters. The average Bonchev–Trinajstić information content (AvgIpc) is 3.07. The van der Waals surface area contributed by atoms with Gasteiger partial charge in [-0.2, -0.15) is 5.26 Å². The average molecular weight is 241 g/mol. The highest BCUT2D eigenvalue weighted by molar-refractivity contribution is 5.83. The van der Waals surface area contributed by atoms with E-state index in [4.69, 9.17) is 5.26 Å². The Kier molecular flexibility index (Phi) is 2.77. The lowest BCUT2D eigenvalue weighted by Crippen LogP contribution is -2.42. The van der Waals surface area contributed by atoms with E-state index in [-0.39, 0.29) is 11.9 Å². The summed E-state index contributed by atoms with van der Waals surface area (Å²) in [4.78, 5) is 12.0. The molecule has 2 unspecified atom stereocenters. The Hall–Kier alpha value is -1.86. The molecule has 1 aliphatic heterocycles. The highest BCUT2D eigenvalue weighted by atomic mass is 16.2. The van der Waals surface area contributed by atoms with Crippen molar-refractivity contribution < 1.29 is 4.79 Å². The summed E-state index contributed by atoms with van der Waals surface area (Å²) >= 11 is 0. The van der Waals surface area contributed by atoms with Crippen LogP contribution in [-0.2, 0) is 11.3 Å². The molecule has 0 aromatic heterocycles. The van der Waals surface area contributed by atoms with Crippen LogP contribution in [0.3, 0.4) is 0 Å². The van der Waals surface area contributed by atoms with Gasteiger partial charge in [-0.05, 0) is 42.5 Å². The molecule has 2 N–H and O–H groups in total. The molecule has 1 aliphatic carbocycles. The maximum Gasteiger partial charge on any atom is 0.237 e. The fraction of sp³-hybridized carbons (Fsp3) is 0.429. The largest absolute Gasteiger partial charge is 0.351 e. The molecule has 2 fully saturated rings. The van der Waals surface area contributed by atoms with E-state index in [1.165, 1.54) is 6.42 Å². The first-order valence-electron chi connectivity index (χ1n) is 6.28. The lowest BCUT2D eigenvalue weighted by molar-refractivity contribution is -0.123. The number of piperidine rings is 1. The van der Waals surface area contributed by atoms with Gasteiger partial charge in [-0.15, -0.1) is 0 Å². The maximum absolute atomic E-state index is 12.0. The molecular formula is C14H15N3O. The number of carbonyl (C=O) groups excluding carboxylic acids is 1. The van der Waals surface area contributed by atoms with Gasteiger partial charge in [0.25, 0.3) is 0 Å². The molecule has 3 rings (SSSR count). The minimum absolute atomic E-state index is 0.00776. The van der Waals surface area contributed by atoms with Gasteiger partial charge in [-0.25, -0.2) is 0 Å². The van der Waals surface area contributed by atoms with Crippen molar-refractivity contribution in [3.8, 4) is 6.07 Å². The highest BCUT2D eigenvalue weighted by Gasteiger charge is 2.50. The molecule has 1 heterocycles. The van der Waals surface area contributed by atoms with Crippen molar-refractivity contribution in [3.63, 3.8) is 0 Å². The third-order valence-electron chi connectivity index (χ3n) is 3.84. The van der Waals surface area contributed by atoms with Crippen molar-refractivity contribution in [2.45, 2.75) is 19.0 Å². The number of nitrogens with zero attached hydrogens (tertiary/aromatic N) is 1. The second-order valence-corrected chi connectivity index (χ2v) is 5.07. The summed E-state index contributed by atoms with van der Waals surface area (Å²) in [6.07, 6.45) is 1.20. The van der Waals surface area contributed by atoms with Gasteiger partial charge < -0.3 is 10.6 Å². The Morgan fingerprint density at radius 3 is 2.78 bits per heavy atom. The van der Waals surface area contributed by atoms with Crippen molar-refractivity contribution in [2.75, 3.05) is 6.54 Å². The predicted octanol–water partition coefficient (Wildman–Crippen LogP) is 0.782. The Morgan fingerprint density at radius 1 is 1.44 bits per heavy atom. The Balaban J connectivity index is 1.54. The fourth-order valence-corrected chi connectivity index (χ4v) is 2.63. The Bertz CT molecular complexity index is 503. The summed E-state index contributed by atoms with van der Waals surface area (Å²) in [5.41, 5.74) is 1.66. The van der Waals surface area contributed by atoms with Crippen LogP contribution in [0.4, 0.5) is 0 Å². The lowest BCUT2D eigenvalue weighted by atomic mass is 10.1. The summed E-state index contributed by atoms with van der Waals surface area (Å²) < 4.78 is 0. The number of nitrogens with one attached hydrogen (secondary N) is 2. The minimum Gasteiger partial charge on any atom is -0.351 e. The quantitative estimate of drug-likeness (QED) is 0.822. The van der Waals surface area contributed by atoms with Crippen LogP contribution in [-0.4, -0.2) is 18.5 Å². The van der Waals surface area contributed by atoms with Crippen LogP contribution in [0.15, 0.2) is 24.3 Å². The zero-order chi connectivity index (χ0) is 12.5. The van der Waals surface area contributed by atoms with Crippen molar-refractivity contribution >= 4 is 5.91 Å². The van der Waals surface area contributed by atoms with Crippen molar-refractivity contribution in [2.24, 2.45) is 11.8 Å². The zero-order valence-corrected chi connectivity index (χ0v) is 10.0. The van der Waals surface area contributed by atoms with Crippen LogP contribution in [0.25, 0.3) is 0 Å². The normalized spacial score (nSPS) is 28.3. The number of fused-ring (bicyclic) bond motifs is 1. The molecule has 1 aromatic carbocycles. The molecule has 1 aromatic rings. The molecular weight excluding hydrogens is 226 g/mol. The van der Waals surface area contributed by atoms with Crippen LogP contribution < -0.4 is 10.6 Å².